The van der Waals surface area contributed by atoms with Crippen LogP contribution in [-0.4, -0.2) is 28.9 Å². The van der Waals surface area contributed by atoms with Crippen LogP contribution in [0, 0.1) is 5.41 Å². The van der Waals surface area contributed by atoms with E-state index in [1.54, 1.807) is 0 Å². The first-order valence-corrected chi connectivity index (χ1v) is 7.93. The summed E-state index contributed by atoms with van der Waals surface area (Å²) in [5.41, 5.74) is 0.674. The zero-order valence-corrected chi connectivity index (χ0v) is 14.3. The highest BCUT2D eigenvalue weighted by atomic mass is 16.5. The lowest BCUT2D eigenvalue weighted by Crippen LogP contribution is -2.43. The largest absolute Gasteiger partial charge is 0.391 e. The fraction of sp³-hybridized carbons (Fsp3) is 0.750. The van der Waals surface area contributed by atoms with E-state index in [9.17, 15) is 9.90 Å². The summed E-state index contributed by atoms with van der Waals surface area (Å²) in [5, 5.41) is 19.3. The Morgan fingerprint density at radius 1 is 1.32 bits per heavy atom. The molecule has 1 atom stereocenters. The number of aliphatic hydroxyl groups is 1. The summed E-state index contributed by atoms with van der Waals surface area (Å²) in [6.07, 6.45) is 1.44. The lowest BCUT2D eigenvalue weighted by atomic mass is 9.89. The van der Waals surface area contributed by atoms with Gasteiger partial charge in [-0.25, -0.2) is 4.79 Å². The Morgan fingerprint density at radius 3 is 2.50 bits per heavy atom. The van der Waals surface area contributed by atoms with E-state index in [4.69, 9.17) is 4.52 Å². The standard InChI is InChI=1S/C16H29N3O3/c1-6-11(7-2)13-8-12(22-19-13)9-17-15(21)18-10-14(20)16(3,4)5/h8,11,14,20H,6-7,9-10H2,1-5H3,(H2,17,18,21). The van der Waals surface area contributed by atoms with Gasteiger partial charge in [-0.05, 0) is 18.3 Å². The molecule has 0 bridgehead atoms. The Morgan fingerprint density at radius 2 is 1.95 bits per heavy atom. The van der Waals surface area contributed by atoms with Crippen molar-refractivity contribution in [1.82, 2.24) is 15.8 Å². The average Bonchev–Trinajstić information content (AvgIpc) is 2.91. The summed E-state index contributed by atoms with van der Waals surface area (Å²) in [7, 11) is 0. The minimum absolute atomic E-state index is 0.213. The van der Waals surface area contributed by atoms with Gasteiger partial charge in [-0.3, -0.25) is 0 Å². The van der Waals surface area contributed by atoms with Gasteiger partial charge in [0.05, 0.1) is 18.3 Å². The van der Waals surface area contributed by atoms with Gasteiger partial charge in [0.25, 0.3) is 0 Å². The van der Waals surface area contributed by atoms with E-state index in [1.165, 1.54) is 0 Å². The van der Waals surface area contributed by atoms with Crippen molar-refractivity contribution >= 4 is 6.03 Å². The van der Waals surface area contributed by atoms with Crippen molar-refractivity contribution in [3.05, 3.63) is 17.5 Å². The van der Waals surface area contributed by atoms with E-state index in [0.29, 0.717) is 11.7 Å². The van der Waals surface area contributed by atoms with Gasteiger partial charge in [0, 0.05) is 18.5 Å². The molecule has 0 aromatic carbocycles. The van der Waals surface area contributed by atoms with Gasteiger partial charge in [-0.1, -0.05) is 39.8 Å². The molecule has 0 aliphatic rings. The van der Waals surface area contributed by atoms with Crippen LogP contribution < -0.4 is 10.6 Å². The van der Waals surface area contributed by atoms with Gasteiger partial charge >= 0.3 is 6.03 Å². The average molecular weight is 311 g/mol. The summed E-state index contributed by atoms with van der Waals surface area (Å²) in [4.78, 5) is 11.7. The van der Waals surface area contributed by atoms with Gasteiger partial charge in [0.15, 0.2) is 5.76 Å². The number of nitrogens with zero attached hydrogens (tertiary/aromatic N) is 1. The molecule has 0 aliphatic carbocycles. The van der Waals surface area contributed by atoms with Crippen molar-refractivity contribution in [2.45, 2.75) is 66.0 Å². The number of nitrogens with one attached hydrogen (secondary N) is 2. The zero-order chi connectivity index (χ0) is 16.8. The van der Waals surface area contributed by atoms with E-state index >= 15 is 0 Å². The third-order valence-electron chi connectivity index (χ3n) is 3.86. The summed E-state index contributed by atoms with van der Waals surface area (Å²) >= 11 is 0. The van der Waals surface area contributed by atoms with Gasteiger partial charge in [0.1, 0.15) is 0 Å². The third kappa shape index (κ3) is 5.67. The summed E-state index contributed by atoms with van der Waals surface area (Å²) in [6.45, 7) is 10.5. The van der Waals surface area contributed by atoms with Crippen molar-refractivity contribution in [3.63, 3.8) is 0 Å². The maximum atomic E-state index is 11.7. The molecule has 1 rings (SSSR count). The van der Waals surface area contributed by atoms with Crippen molar-refractivity contribution in [1.29, 1.82) is 0 Å². The predicted octanol–water partition coefficient (Wildman–Crippen LogP) is 2.78. The maximum Gasteiger partial charge on any atom is 0.315 e. The third-order valence-corrected chi connectivity index (χ3v) is 3.86. The fourth-order valence-corrected chi connectivity index (χ4v) is 2.04. The second kappa shape index (κ2) is 8.17. The van der Waals surface area contributed by atoms with Crippen molar-refractivity contribution in [2.75, 3.05) is 6.54 Å². The molecule has 0 spiro atoms. The Balaban J connectivity index is 2.39. The van der Waals surface area contributed by atoms with Gasteiger partial charge < -0.3 is 20.3 Å². The number of amides is 2. The Hall–Kier alpha value is -1.56. The van der Waals surface area contributed by atoms with Crippen LogP contribution in [0.1, 0.15) is 64.8 Å². The highest BCUT2D eigenvalue weighted by Crippen LogP contribution is 2.22. The number of carbonyl (C=O) groups is 1. The van der Waals surface area contributed by atoms with Crippen molar-refractivity contribution in [2.24, 2.45) is 5.41 Å². The highest BCUT2D eigenvalue weighted by Gasteiger charge is 2.22. The van der Waals surface area contributed by atoms with Crippen LogP contribution >= 0.6 is 0 Å². The smallest absolute Gasteiger partial charge is 0.315 e. The normalized spacial score (nSPS) is 13.2. The van der Waals surface area contributed by atoms with Gasteiger partial charge in [-0.15, -0.1) is 0 Å². The number of aromatic nitrogens is 1. The highest BCUT2D eigenvalue weighted by molar-refractivity contribution is 5.73. The molecule has 22 heavy (non-hydrogen) atoms. The molecule has 0 aliphatic heterocycles. The first-order chi connectivity index (χ1) is 10.3. The zero-order valence-electron chi connectivity index (χ0n) is 14.3. The summed E-state index contributed by atoms with van der Waals surface area (Å²) < 4.78 is 5.24. The summed E-state index contributed by atoms with van der Waals surface area (Å²) in [6, 6.07) is 1.56. The number of carbonyl (C=O) groups excluding carboxylic acids is 1. The van der Waals surface area contributed by atoms with Crippen LogP contribution in [0.5, 0.6) is 0 Å². The molecule has 0 radical (unpaired) electrons. The molecule has 6 nitrogen and oxygen atoms in total. The van der Waals surface area contributed by atoms with Crippen molar-refractivity contribution < 1.29 is 14.4 Å². The number of urea groups is 1. The quantitative estimate of drug-likeness (QED) is 0.722. The monoisotopic (exact) mass is 311 g/mol. The molecule has 0 saturated carbocycles. The van der Waals surface area contributed by atoms with E-state index in [1.807, 2.05) is 26.8 Å². The second-order valence-electron chi connectivity index (χ2n) is 6.68. The van der Waals surface area contributed by atoms with Crippen LogP contribution in [0.4, 0.5) is 4.79 Å². The Labute approximate surface area is 132 Å². The van der Waals surface area contributed by atoms with Crippen LogP contribution in [0.2, 0.25) is 0 Å². The SMILES string of the molecule is CCC(CC)c1cc(CNC(=O)NCC(O)C(C)(C)C)on1. The van der Waals surface area contributed by atoms with Gasteiger partial charge in [0.2, 0.25) is 0 Å². The molecule has 3 N–H and O–H groups in total. The lowest BCUT2D eigenvalue weighted by Gasteiger charge is -2.25. The van der Waals surface area contributed by atoms with Crippen LogP contribution in [0.15, 0.2) is 10.6 Å². The maximum absolute atomic E-state index is 11.7. The molecule has 2 amide bonds. The van der Waals surface area contributed by atoms with E-state index in [0.717, 1.165) is 18.5 Å². The van der Waals surface area contributed by atoms with E-state index in [-0.39, 0.29) is 24.5 Å². The number of rotatable bonds is 7. The molecule has 126 valence electrons. The van der Waals surface area contributed by atoms with Crippen LogP contribution in [-0.2, 0) is 6.54 Å². The Kier molecular flexibility index (Phi) is 6.87. The summed E-state index contributed by atoms with van der Waals surface area (Å²) in [5.74, 6) is 1.03. The lowest BCUT2D eigenvalue weighted by molar-refractivity contribution is 0.0649. The molecule has 6 heteroatoms. The number of hydrogen-bond donors (Lipinski definition) is 3. The van der Waals surface area contributed by atoms with E-state index in [2.05, 4.69) is 29.6 Å². The van der Waals surface area contributed by atoms with Crippen LogP contribution in [0.25, 0.3) is 0 Å². The molecular weight excluding hydrogens is 282 g/mol. The molecule has 1 aromatic heterocycles. The topological polar surface area (TPSA) is 87.4 Å². The fourth-order valence-electron chi connectivity index (χ4n) is 2.04. The predicted molar refractivity (Wildman–Crippen MR) is 85.5 cm³/mol. The molecule has 0 fully saturated rings. The number of hydrogen-bond acceptors (Lipinski definition) is 4. The first kappa shape index (κ1) is 18.5. The van der Waals surface area contributed by atoms with Gasteiger partial charge in [-0.2, -0.15) is 0 Å². The molecule has 0 saturated heterocycles. The minimum atomic E-state index is -0.593. The van der Waals surface area contributed by atoms with Crippen LogP contribution in [0.3, 0.4) is 0 Å². The van der Waals surface area contributed by atoms with E-state index < -0.39 is 6.10 Å². The first-order valence-electron chi connectivity index (χ1n) is 7.93. The minimum Gasteiger partial charge on any atom is -0.391 e. The molecular formula is C16H29N3O3. The Bertz CT molecular complexity index is 461. The molecule has 1 aromatic rings. The second-order valence-corrected chi connectivity index (χ2v) is 6.68. The molecule has 1 unspecified atom stereocenters. The van der Waals surface area contributed by atoms with Crippen molar-refractivity contribution in [3.8, 4) is 0 Å². The molecule has 1 heterocycles. The number of aliphatic hydroxyl groups excluding tert-OH is 1.